The zero-order chi connectivity index (χ0) is 12.5. The summed E-state index contributed by atoms with van der Waals surface area (Å²) in [6.45, 7) is 2.00. The molecule has 0 aromatic carbocycles. The van der Waals surface area contributed by atoms with Crippen LogP contribution in [-0.4, -0.2) is 22.0 Å². The number of nitrogens with zero attached hydrogens (tertiary/aromatic N) is 3. The maximum atomic E-state index is 4.57. The SMILES string of the molecule is CNc1nc(C)cc(C2CCc3cccnc32)n1. The van der Waals surface area contributed by atoms with E-state index in [4.69, 9.17) is 0 Å². The summed E-state index contributed by atoms with van der Waals surface area (Å²) in [4.78, 5) is 13.4. The summed E-state index contributed by atoms with van der Waals surface area (Å²) in [7, 11) is 1.85. The average molecular weight is 240 g/mol. The van der Waals surface area contributed by atoms with E-state index in [0.29, 0.717) is 11.9 Å². The van der Waals surface area contributed by atoms with E-state index in [1.165, 1.54) is 11.3 Å². The molecule has 3 rings (SSSR count). The van der Waals surface area contributed by atoms with E-state index in [0.717, 1.165) is 24.2 Å². The van der Waals surface area contributed by atoms with Crippen molar-refractivity contribution in [3.8, 4) is 0 Å². The highest BCUT2D eigenvalue weighted by molar-refractivity contribution is 5.38. The first-order valence-corrected chi connectivity index (χ1v) is 6.25. The van der Waals surface area contributed by atoms with Crippen LogP contribution < -0.4 is 5.32 Å². The second-order valence-electron chi connectivity index (χ2n) is 4.65. The quantitative estimate of drug-likeness (QED) is 0.875. The number of hydrogen-bond acceptors (Lipinski definition) is 4. The standard InChI is InChI=1S/C14H16N4/c1-9-8-12(18-14(15-2)17-9)11-6-5-10-4-3-7-16-13(10)11/h3-4,7-8,11H,5-6H2,1-2H3,(H,15,17,18). The largest absolute Gasteiger partial charge is 0.357 e. The van der Waals surface area contributed by atoms with E-state index in [1.54, 1.807) is 0 Å². The molecule has 0 bridgehead atoms. The molecule has 1 aliphatic carbocycles. The van der Waals surface area contributed by atoms with Crippen molar-refractivity contribution < 1.29 is 0 Å². The fourth-order valence-electron chi connectivity index (χ4n) is 2.58. The number of nitrogens with one attached hydrogen (secondary N) is 1. The Balaban J connectivity index is 2.04. The summed E-state index contributed by atoms with van der Waals surface area (Å²) < 4.78 is 0. The molecule has 4 heteroatoms. The van der Waals surface area contributed by atoms with Gasteiger partial charge in [0.25, 0.3) is 0 Å². The third-order valence-electron chi connectivity index (χ3n) is 3.41. The van der Waals surface area contributed by atoms with Crippen LogP contribution in [0.25, 0.3) is 0 Å². The summed E-state index contributed by atoms with van der Waals surface area (Å²) >= 11 is 0. The highest BCUT2D eigenvalue weighted by Crippen LogP contribution is 2.35. The molecule has 0 saturated heterocycles. The molecule has 0 spiro atoms. The van der Waals surface area contributed by atoms with E-state index < -0.39 is 0 Å². The zero-order valence-electron chi connectivity index (χ0n) is 10.6. The molecule has 1 unspecified atom stereocenters. The van der Waals surface area contributed by atoms with Gasteiger partial charge < -0.3 is 5.32 Å². The molecule has 0 radical (unpaired) electrons. The Morgan fingerprint density at radius 2 is 2.22 bits per heavy atom. The third kappa shape index (κ3) is 1.83. The molecule has 0 aliphatic heterocycles. The van der Waals surface area contributed by atoms with Crippen molar-refractivity contribution in [3.63, 3.8) is 0 Å². The summed E-state index contributed by atoms with van der Waals surface area (Å²) in [5.41, 5.74) is 4.60. The molecule has 2 heterocycles. The van der Waals surface area contributed by atoms with Gasteiger partial charge in [0.15, 0.2) is 0 Å². The lowest BCUT2D eigenvalue weighted by atomic mass is 10.0. The molecular weight excluding hydrogens is 224 g/mol. The van der Waals surface area contributed by atoms with Gasteiger partial charge in [-0.3, -0.25) is 4.98 Å². The molecule has 1 aliphatic rings. The molecule has 92 valence electrons. The van der Waals surface area contributed by atoms with Gasteiger partial charge in [-0.05, 0) is 37.5 Å². The molecular formula is C14H16N4. The van der Waals surface area contributed by atoms with Crippen LogP contribution in [0.2, 0.25) is 0 Å². The molecule has 2 aromatic rings. The number of aryl methyl sites for hydroxylation is 2. The number of anilines is 1. The molecule has 2 aromatic heterocycles. The minimum absolute atomic E-state index is 0.315. The van der Waals surface area contributed by atoms with Crippen LogP contribution in [0, 0.1) is 6.92 Å². The van der Waals surface area contributed by atoms with Gasteiger partial charge in [-0.1, -0.05) is 6.07 Å². The number of fused-ring (bicyclic) bond motifs is 1. The Hall–Kier alpha value is -1.97. The van der Waals surface area contributed by atoms with Crippen LogP contribution in [0.3, 0.4) is 0 Å². The molecule has 1 atom stereocenters. The minimum Gasteiger partial charge on any atom is -0.357 e. The number of pyridine rings is 1. The van der Waals surface area contributed by atoms with Gasteiger partial charge in [-0.15, -0.1) is 0 Å². The molecule has 18 heavy (non-hydrogen) atoms. The van der Waals surface area contributed by atoms with Gasteiger partial charge >= 0.3 is 0 Å². The summed E-state index contributed by atoms with van der Waals surface area (Å²) in [5, 5.41) is 3.01. The van der Waals surface area contributed by atoms with Crippen LogP contribution >= 0.6 is 0 Å². The van der Waals surface area contributed by atoms with Crippen molar-refractivity contribution in [2.24, 2.45) is 0 Å². The van der Waals surface area contributed by atoms with Gasteiger partial charge in [-0.2, -0.15) is 0 Å². The fraction of sp³-hybridized carbons (Fsp3) is 0.357. The lowest BCUT2D eigenvalue weighted by molar-refractivity contribution is 0.741. The van der Waals surface area contributed by atoms with Crippen molar-refractivity contribution in [2.45, 2.75) is 25.7 Å². The topological polar surface area (TPSA) is 50.7 Å². The Morgan fingerprint density at radius 1 is 1.33 bits per heavy atom. The summed E-state index contributed by atoms with van der Waals surface area (Å²) in [6.07, 6.45) is 4.04. The average Bonchev–Trinajstić information content (AvgIpc) is 2.81. The van der Waals surface area contributed by atoms with Gasteiger partial charge in [0.1, 0.15) is 0 Å². The smallest absolute Gasteiger partial charge is 0.222 e. The molecule has 4 nitrogen and oxygen atoms in total. The third-order valence-corrected chi connectivity index (χ3v) is 3.41. The molecule has 0 saturated carbocycles. The second kappa shape index (κ2) is 4.37. The first-order valence-electron chi connectivity index (χ1n) is 6.25. The van der Waals surface area contributed by atoms with Gasteiger partial charge in [0, 0.05) is 24.9 Å². The number of aromatic nitrogens is 3. The predicted octanol–water partition coefficient (Wildman–Crippen LogP) is 2.30. The minimum atomic E-state index is 0.315. The summed E-state index contributed by atoms with van der Waals surface area (Å²) in [5.74, 6) is 1.00. The van der Waals surface area contributed by atoms with Crippen LogP contribution in [0.1, 0.15) is 35.0 Å². The van der Waals surface area contributed by atoms with Crippen molar-refractivity contribution >= 4 is 5.95 Å². The van der Waals surface area contributed by atoms with Crippen molar-refractivity contribution in [2.75, 3.05) is 12.4 Å². The van der Waals surface area contributed by atoms with Crippen molar-refractivity contribution in [1.29, 1.82) is 0 Å². The first-order chi connectivity index (χ1) is 8.78. The van der Waals surface area contributed by atoms with Gasteiger partial charge in [-0.25, -0.2) is 9.97 Å². The maximum absolute atomic E-state index is 4.57. The molecule has 1 N–H and O–H groups in total. The van der Waals surface area contributed by atoms with Crippen LogP contribution in [0.4, 0.5) is 5.95 Å². The van der Waals surface area contributed by atoms with Crippen molar-refractivity contribution in [3.05, 3.63) is 47.0 Å². The normalized spacial score (nSPS) is 17.6. The Bertz CT molecular complexity index is 580. The monoisotopic (exact) mass is 240 g/mol. The van der Waals surface area contributed by atoms with Crippen molar-refractivity contribution in [1.82, 2.24) is 15.0 Å². The van der Waals surface area contributed by atoms with Gasteiger partial charge in [0.05, 0.1) is 11.4 Å². The number of rotatable bonds is 2. The second-order valence-corrected chi connectivity index (χ2v) is 4.65. The number of hydrogen-bond donors (Lipinski definition) is 1. The fourth-order valence-corrected chi connectivity index (χ4v) is 2.58. The lowest BCUT2D eigenvalue weighted by Crippen LogP contribution is -2.06. The van der Waals surface area contributed by atoms with E-state index in [2.05, 4.69) is 32.4 Å². The van der Waals surface area contributed by atoms with E-state index in [-0.39, 0.29) is 0 Å². The van der Waals surface area contributed by atoms with Gasteiger partial charge in [0.2, 0.25) is 5.95 Å². The Morgan fingerprint density at radius 3 is 3.06 bits per heavy atom. The Labute approximate surface area is 107 Å². The highest BCUT2D eigenvalue weighted by Gasteiger charge is 2.26. The zero-order valence-corrected chi connectivity index (χ0v) is 10.6. The summed E-state index contributed by atoms with van der Waals surface area (Å²) in [6, 6.07) is 6.23. The maximum Gasteiger partial charge on any atom is 0.222 e. The van der Waals surface area contributed by atoms with Crippen LogP contribution in [0.5, 0.6) is 0 Å². The van der Waals surface area contributed by atoms with E-state index in [9.17, 15) is 0 Å². The van der Waals surface area contributed by atoms with Crippen LogP contribution in [0.15, 0.2) is 24.4 Å². The van der Waals surface area contributed by atoms with Crippen LogP contribution in [-0.2, 0) is 6.42 Å². The van der Waals surface area contributed by atoms with E-state index >= 15 is 0 Å². The molecule has 0 fully saturated rings. The highest BCUT2D eigenvalue weighted by atomic mass is 15.1. The first kappa shape index (κ1) is 11.1. The predicted molar refractivity (Wildman–Crippen MR) is 70.7 cm³/mol. The van der Waals surface area contributed by atoms with E-state index in [1.807, 2.05) is 26.2 Å². The Kier molecular flexibility index (Phi) is 2.70. The molecule has 0 amide bonds. The lowest BCUT2D eigenvalue weighted by Gasteiger charge is -2.12.